The van der Waals surface area contributed by atoms with Crippen molar-refractivity contribution in [2.45, 2.75) is 19.9 Å². The summed E-state index contributed by atoms with van der Waals surface area (Å²) in [4.78, 5) is 5.33. The third-order valence-electron chi connectivity index (χ3n) is 2.43. The third-order valence-corrected chi connectivity index (χ3v) is 4.63. The lowest BCUT2D eigenvalue weighted by Crippen LogP contribution is -2.06. The molecule has 0 aliphatic rings. The molecule has 1 aromatic carbocycles. The van der Waals surface area contributed by atoms with Crippen LogP contribution in [0.4, 0.5) is 5.69 Å². The Hall–Kier alpha value is -0.390. The van der Waals surface area contributed by atoms with Gasteiger partial charge in [0.25, 0.3) is 0 Å². The Morgan fingerprint density at radius 2 is 1.94 bits per heavy atom. The highest BCUT2D eigenvalue weighted by atomic mass is 79.9. The van der Waals surface area contributed by atoms with Gasteiger partial charge in [0.1, 0.15) is 0 Å². The molecule has 1 atom stereocenters. The summed E-state index contributed by atoms with van der Waals surface area (Å²) in [7, 11) is 0. The van der Waals surface area contributed by atoms with Crippen LogP contribution in [-0.2, 0) is 0 Å². The van der Waals surface area contributed by atoms with E-state index in [4.69, 9.17) is 0 Å². The molecule has 1 N–H and O–H groups in total. The van der Waals surface area contributed by atoms with Gasteiger partial charge in [-0.3, -0.25) is 4.98 Å². The van der Waals surface area contributed by atoms with Crippen molar-refractivity contribution in [1.82, 2.24) is 4.98 Å². The first-order valence-electron chi connectivity index (χ1n) is 5.18. The monoisotopic (exact) mass is 374 g/mol. The SMILES string of the molecule is Cc1cc(Br)c(NC(C)c2cncs2)c(Br)c1. The van der Waals surface area contributed by atoms with Crippen molar-refractivity contribution in [3.8, 4) is 0 Å². The van der Waals surface area contributed by atoms with E-state index in [1.807, 2.05) is 11.7 Å². The molecule has 0 radical (unpaired) electrons. The van der Waals surface area contributed by atoms with Gasteiger partial charge in [-0.15, -0.1) is 11.3 Å². The Morgan fingerprint density at radius 3 is 2.47 bits per heavy atom. The summed E-state index contributed by atoms with van der Waals surface area (Å²) in [5.41, 5.74) is 4.16. The zero-order valence-corrected chi connectivity index (χ0v) is 13.5. The molecular formula is C12H12Br2N2S. The van der Waals surface area contributed by atoms with Crippen LogP contribution in [0.5, 0.6) is 0 Å². The summed E-state index contributed by atoms with van der Waals surface area (Å²) in [5, 5.41) is 3.48. The van der Waals surface area contributed by atoms with Crippen LogP contribution in [-0.4, -0.2) is 4.98 Å². The summed E-state index contributed by atoms with van der Waals surface area (Å²) in [5.74, 6) is 0. The number of aromatic nitrogens is 1. The van der Waals surface area contributed by atoms with E-state index in [1.54, 1.807) is 11.3 Å². The molecule has 1 unspecified atom stereocenters. The summed E-state index contributed by atoms with van der Waals surface area (Å²) < 4.78 is 2.14. The average Bonchev–Trinajstić information content (AvgIpc) is 2.76. The van der Waals surface area contributed by atoms with Crippen LogP contribution in [0.15, 0.2) is 32.8 Å². The number of halogens is 2. The second-order valence-electron chi connectivity index (χ2n) is 3.87. The van der Waals surface area contributed by atoms with Crippen molar-refractivity contribution >= 4 is 48.9 Å². The molecule has 0 amide bonds. The van der Waals surface area contributed by atoms with Crippen molar-refractivity contribution in [3.05, 3.63) is 43.2 Å². The molecule has 0 spiro atoms. The van der Waals surface area contributed by atoms with Gasteiger partial charge in [0.15, 0.2) is 0 Å². The first kappa shape index (κ1) is 13.1. The zero-order chi connectivity index (χ0) is 12.4. The molecule has 0 fully saturated rings. The lowest BCUT2D eigenvalue weighted by molar-refractivity contribution is 0.900. The number of rotatable bonds is 3. The lowest BCUT2D eigenvalue weighted by atomic mass is 10.2. The Balaban J connectivity index is 2.25. The van der Waals surface area contributed by atoms with Crippen LogP contribution >= 0.6 is 43.2 Å². The number of thiazole rings is 1. The molecule has 2 rings (SSSR count). The molecule has 0 bridgehead atoms. The van der Waals surface area contributed by atoms with Crippen LogP contribution in [0.2, 0.25) is 0 Å². The van der Waals surface area contributed by atoms with Crippen molar-refractivity contribution in [2.24, 2.45) is 0 Å². The molecule has 1 heterocycles. The maximum absolute atomic E-state index is 4.10. The first-order chi connectivity index (χ1) is 8.08. The molecule has 0 aliphatic carbocycles. The van der Waals surface area contributed by atoms with E-state index < -0.39 is 0 Å². The Labute approximate surface area is 122 Å². The van der Waals surface area contributed by atoms with Crippen molar-refractivity contribution in [1.29, 1.82) is 0 Å². The molecule has 5 heteroatoms. The molecule has 2 aromatic rings. The number of benzene rings is 1. The van der Waals surface area contributed by atoms with Gasteiger partial charge in [0.05, 0.1) is 17.2 Å². The van der Waals surface area contributed by atoms with E-state index in [2.05, 4.69) is 68.1 Å². The largest absolute Gasteiger partial charge is 0.376 e. The second-order valence-corrected chi connectivity index (χ2v) is 6.50. The van der Waals surface area contributed by atoms with Gasteiger partial charge in [0, 0.05) is 20.0 Å². The van der Waals surface area contributed by atoms with Crippen molar-refractivity contribution in [2.75, 3.05) is 5.32 Å². The molecule has 1 aromatic heterocycles. The number of nitrogens with zero attached hydrogens (tertiary/aromatic N) is 1. The van der Waals surface area contributed by atoms with Crippen molar-refractivity contribution in [3.63, 3.8) is 0 Å². The van der Waals surface area contributed by atoms with E-state index in [9.17, 15) is 0 Å². The Kier molecular flexibility index (Phi) is 4.22. The minimum Gasteiger partial charge on any atom is -0.376 e. The highest BCUT2D eigenvalue weighted by molar-refractivity contribution is 9.11. The van der Waals surface area contributed by atoms with Crippen LogP contribution < -0.4 is 5.32 Å². The average molecular weight is 376 g/mol. The highest BCUT2D eigenvalue weighted by Crippen LogP contribution is 2.35. The minimum atomic E-state index is 0.248. The molecule has 0 aliphatic heterocycles. The number of hydrogen-bond acceptors (Lipinski definition) is 3. The van der Waals surface area contributed by atoms with Gasteiger partial charge < -0.3 is 5.32 Å². The fourth-order valence-corrected chi connectivity index (χ4v) is 3.84. The maximum atomic E-state index is 4.10. The van der Waals surface area contributed by atoms with Gasteiger partial charge >= 0.3 is 0 Å². The Morgan fingerprint density at radius 1 is 1.29 bits per heavy atom. The van der Waals surface area contributed by atoms with Crippen LogP contribution in [0.25, 0.3) is 0 Å². The van der Waals surface area contributed by atoms with Gasteiger partial charge in [-0.05, 0) is 63.4 Å². The number of anilines is 1. The third kappa shape index (κ3) is 3.09. The predicted molar refractivity (Wildman–Crippen MR) is 80.7 cm³/mol. The second kappa shape index (κ2) is 5.50. The summed E-state index contributed by atoms with van der Waals surface area (Å²) >= 11 is 8.83. The number of nitrogens with one attached hydrogen (secondary N) is 1. The van der Waals surface area contributed by atoms with E-state index in [0.717, 1.165) is 14.6 Å². The van der Waals surface area contributed by atoms with Crippen LogP contribution in [0, 0.1) is 6.92 Å². The van der Waals surface area contributed by atoms with Gasteiger partial charge in [0.2, 0.25) is 0 Å². The van der Waals surface area contributed by atoms with E-state index in [0.29, 0.717) is 0 Å². The standard InChI is InChI=1S/C12H12Br2N2S/c1-7-3-9(13)12(10(14)4-7)16-8(2)11-5-15-6-17-11/h3-6,8,16H,1-2H3. The van der Waals surface area contributed by atoms with Gasteiger partial charge in [-0.1, -0.05) is 0 Å². The number of hydrogen-bond donors (Lipinski definition) is 1. The summed E-state index contributed by atoms with van der Waals surface area (Å²) in [6.45, 7) is 4.21. The minimum absolute atomic E-state index is 0.248. The summed E-state index contributed by atoms with van der Waals surface area (Å²) in [6, 6.07) is 4.46. The normalized spacial score (nSPS) is 12.5. The molecule has 17 heavy (non-hydrogen) atoms. The summed E-state index contributed by atoms with van der Waals surface area (Å²) in [6.07, 6.45) is 1.90. The topological polar surface area (TPSA) is 24.9 Å². The van der Waals surface area contributed by atoms with E-state index >= 15 is 0 Å². The molecule has 0 saturated heterocycles. The fraction of sp³-hybridized carbons (Fsp3) is 0.250. The number of aryl methyl sites for hydroxylation is 1. The first-order valence-corrected chi connectivity index (χ1v) is 7.65. The lowest BCUT2D eigenvalue weighted by Gasteiger charge is -2.16. The molecule has 90 valence electrons. The Bertz CT molecular complexity index is 488. The van der Waals surface area contributed by atoms with Gasteiger partial charge in [-0.25, -0.2) is 0 Å². The van der Waals surface area contributed by atoms with Crippen LogP contribution in [0.1, 0.15) is 23.4 Å². The molecular weight excluding hydrogens is 364 g/mol. The predicted octanol–water partition coefficient (Wildman–Crippen LogP) is 5.15. The molecule has 2 nitrogen and oxygen atoms in total. The molecule has 0 saturated carbocycles. The van der Waals surface area contributed by atoms with Gasteiger partial charge in [-0.2, -0.15) is 0 Å². The van der Waals surface area contributed by atoms with E-state index in [1.165, 1.54) is 10.4 Å². The smallest absolute Gasteiger partial charge is 0.0795 e. The van der Waals surface area contributed by atoms with E-state index in [-0.39, 0.29) is 6.04 Å². The fourth-order valence-electron chi connectivity index (χ4n) is 1.56. The van der Waals surface area contributed by atoms with Crippen LogP contribution in [0.3, 0.4) is 0 Å². The quantitative estimate of drug-likeness (QED) is 0.802. The highest BCUT2D eigenvalue weighted by Gasteiger charge is 2.11. The zero-order valence-electron chi connectivity index (χ0n) is 9.50. The van der Waals surface area contributed by atoms with Crippen molar-refractivity contribution < 1.29 is 0 Å². The maximum Gasteiger partial charge on any atom is 0.0795 e.